The van der Waals surface area contributed by atoms with Crippen molar-refractivity contribution >= 4 is 21.6 Å². The average Bonchev–Trinajstić information content (AvgIpc) is 3.21. The third kappa shape index (κ3) is 3.09. The van der Waals surface area contributed by atoms with E-state index in [9.17, 15) is 0 Å². The van der Waals surface area contributed by atoms with E-state index >= 15 is 0 Å². The molecule has 4 aromatic rings. The van der Waals surface area contributed by atoms with Crippen molar-refractivity contribution in [3.05, 3.63) is 109 Å². The Hall–Kier alpha value is -2.49. The van der Waals surface area contributed by atoms with Crippen molar-refractivity contribution in [2.45, 2.75) is 14.7 Å². The third-order valence-corrected chi connectivity index (χ3v) is 8.02. The van der Waals surface area contributed by atoms with Crippen LogP contribution in [0.3, 0.4) is 0 Å². The van der Waals surface area contributed by atoms with Crippen molar-refractivity contribution < 1.29 is 4.18 Å². The summed E-state index contributed by atoms with van der Waals surface area (Å²) in [4.78, 5) is 3.59. The molecule has 1 heterocycles. The van der Waals surface area contributed by atoms with E-state index in [0.29, 0.717) is 0 Å². The molecule has 3 heteroatoms. The summed E-state index contributed by atoms with van der Waals surface area (Å²) < 4.78 is 6.80. The summed E-state index contributed by atoms with van der Waals surface area (Å²) in [5.41, 5.74) is 0. The van der Waals surface area contributed by atoms with Crippen LogP contribution in [0.2, 0.25) is 0 Å². The van der Waals surface area contributed by atoms with E-state index < -0.39 is 10.3 Å². The molecule has 0 fully saturated rings. The Morgan fingerprint density at radius 2 is 0.960 bits per heavy atom. The minimum Gasteiger partial charge on any atom is -0.425 e. The second-order valence-corrected chi connectivity index (χ2v) is 9.11. The van der Waals surface area contributed by atoms with Crippen molar-refractivity contribution in [1.82, 2.24) is 0 Å². The second kappa shape index (κ2) is 7.18. The summed E-state index contributed by atoms with van der Waals surface area (Å²) >= 11 is 1.63. The third-order valence-electron chi connectivity index (χ3n) is 3.93. The topological polar surface area (TPSA) is 9.23 Å². The van der Waals surface area contributed by atoms with Gasteiger partial charge in [0.25, 0.3) is 0 Å². The molecule has 25 heavy (non-hydrogen) atoms. The van der Waals surface area contributed by atoms with Gasteiger partial charge in [-0.2, -0.15) is 0 Å². The Morgan fingerprint density at radius 1 is 0.520 bits per heavy atom. The van der Waals surface area contributed by atoms with Crippen molar-refractivity contribution in [2.75, 3.05) is 0 Å². The molecular formula is C22H18OS2. The maximum atomic E-state index is 6.80. The van der Waals surface area contributed by atoms with Gasteiger partial charge < -0.3 is 4.18 Å². The fourth-order valence-corrected chi connectivity index (χ4v) is 6.76. The van der Waals surface area contributed by atoms with E-state index in [1.54, 1.807) is 11.3 Å². The van der Waals surface area contributed by atoms with Crippen LogP contribution in [0.15, 0.2) is 123 Å². The molecule has 0 aliphatic rings. The molecule has 3 aromatic carbocycles. The minimum absolute atomic E-state index is 0.937. The summed E-state index contributed by atoms with van der Waals surface area (Å²) in [6.45, 7) is 0. The first-order chi connectivity index (χ1) is 12.4. The van der Waals surface area contributed by atoms with Gasteiger partial charge in [0, 0.05) is 14.7 Å². The van der Waals surface area contributed by atoms with Gasteiger partial charge in [-0.1, -0.05) is 54.6 Å². The highest BCUT2D eigenvalue weighted by Gasteiger charge is 2.33. The normalized spacial score (nSPS) is 11.8. The monoisotopic (exact) mass is 362 g/mol. The van der Waals surface area contributed by atoms with Crippen LogP contribution in [-0.2, 0) is 0 Å². The van der Waals surface area contributed by atoms with Crippen molar-refractivity contribution in [2.24, 2.45) is 0 Å². The van der Waals surface area contributed by atoms with Gasteiger partial charge in [0.05, 0.1) is 0 Å². The zero-order valence-electron chi connectivity index (χ0n) is 13.6. The van der Waals surface area contributed by atoms with Crippen LogP contribution in [0.25, 0.3) is 0 Å². The number of thiophene rings is 1. The number of rotatable bonds is 5. The fourth-order valence-electron chi connectivity index (χ4n) is 2.82. The lowest BCUT2D eigenvalue weighted by molar-refractivity contribution is 0.629. The highest BCUT2D eigenvalue weighted by Crippen LogP contribution is 2.68. The zero-order chi connectivity index (χ0) is 17.0. The molecule has 4 rings (SSSR count). The molecular weight excluding hydrogens is 344 g/mol. The second-order valence-electron chi connectivity index (χ2n) is 5.51. The van der Waals surface area contributed by atoms with E-state index in [2.05, 4.69) is 96.4 Å². The lowest BCUT2D eigenvalue weighted by Gasteiger charge is -2.40. The molecule has 0 N–H and O–H groups in total. The Kier molecular flexibility index (Phi) is 4.59. The lowest BCUT2D eigenvalue weighted by Crippen LogP contribution is -2.10. The molecule has 1 nitrogen and oxygen atoms in total. The van der Waals surface area contributed by atoms with Gasteiger partial charge in [-0.05, 0) is 64.2 Å². The first kappa shape index (κ1) is 16.0. The molecule has 0 aliphatic heterocycles. The van der Waals surface area contributed by atoms with E-state index in [1.807, 2.05) is 12.1 Å². The molecule has 0 bridgehead atoms. The van der Waals surface area contributed by atoms with E-state index in [1.165, 1.54) is 14.7 Å². The molecule has 0 saturated carbocycles. The van der Waals surface area contributed by atoms with E-state index in [-0.39, 0.29) is 0 Å². The largest absolute Gasteiger partial charge is 0.425 e. The molecule has 0 aliphatic carbocycles. The maximum absolute atomic E-state index is 6.80. The van der Waals surface area contributed by atoms with Gasteiger partial charge in [-0.15, -0.1) is 11.3 Å². The SMILES string of the molecule is c1ccc(S(Oc2cccs2)(c2ccccc2)c2ccccc2)cc1. The van der Waals surface area contributed by atoms with Crippen molar-refractivity contribution in [3.8, 4) is 5.06 Å². The quantitative estimate of drug-likeness (QED) is 0.370. The van der Waals surface area contributed by atoms with Gasteiger partial charge in [0.15, 0.2) is 5.06 Å². The number of hydrogen-bond donors (Lipinski definition) is 0. The predicted molar refractivity (Wildman–Crippen MR) is 107 cm³/mol. The van der Waals surface area contributed by atoms with E-state index in [4.69, 9.17) is 4.18 Å². The lowest BCUT2D eigenvalue weighted by atomic mass is 10.4. The van der Waals surface area contributed by atoms with Crippen LogP contribution in [0.5, 0.6) is 5.06 Å². The number of hydrogen-bond acceptors (Lipinski definition) is 2. The summed E-state index contributed by atoms with van der Waals surface area (Å²) in [6, 6.07) is 35.7. The van der Waals surface area contributed by atoms with Gasteiger partial charge in [-0.25, -0.2) is 0 Å². The molecule has 1 aromatic heterocycles. The highest BCUT2D eigenvalue weighted by atomic mass is 32.3. The first-order valence-corrected chi connectivity index (χ1v) is 10.5. The van der Waals surface area contributed by atoms with Crippen LogP contribution in [0, 0.1) is 0 Å². The summed E-state index contributed by atoms with van der Waals surface area (Å²) in [7, 11) is -1.85. The summed E-state index contributed by atoms with van der Waals surface area (Å²) in [6.07, 6.45) is 0. The Morgan fingerprint density at radius 3 is 1.32 bits per heavy atom. The van der Waals surface area contributed by atoms with Crippen LogP contribution >= 0.6 is 21.6 Å². The summed E-state index contributed by atoms with van der Waals surface area (Å²) in [5.74, 6) is 0. The molecule has 124 valence electrons. The van der Waals surface area contributed by atoms with E-state index in [0.717, 1.165) is 5.06 Å². The van der Waals surface area contributed by atoms with Crippen LogP contribution in [0.1, 0.15) is 0 Å². The fraction of sp³-hybridized carbons (Fsp3) is 0. The van der Waals surface area contributed by atoms with Gasteiger partial charge in [-0.3, -0.25) is 0 Å². The molecule has 0 radical (unpaired) electrons. The smallest absolute Gasteiger partial charge is 0.189 e. The molecule has 0 amide bonds. The molecule has 0 saturated heterocycles. The summed E-state index contributed by atoms with van der Waals surface area (Å²) in [5, 5.41) is 2.99. The standard InChI is InChI=1S/C22H18OS2/c1-4-11-19(12-5-1)25(20-13-6-2-7-14-20,21-15-8-3-9-16-21)23-22-17-10-18-24-22/h1-18H. The molecule has 0 spiro atoms. The Bertz CT molecular complexity index is 808. The van der Waals surface area contributed by atoms with Gasteiger partial charge >= 0.3 is 0 Å². The van der Waals surface area contributed by atoms with Crippen LogP contribution in [-0.4, -0.2) is 0 Å². The minimum atomic E-state index is -1.85. The van der Waals surface area contributed by atoms with Crippen LogP contribution < -0.4 is 4.18 Å². The van der Waals surface area contributed by atoms with Gasteiger partial charge in [0.1, 0.15) is 0 Å². The Balaban J connectivity index is 2.01. The predicted octanol–water partition coefficient (Wildman–Crippen LogP) is 7.02. The Labute approximate surface area is 154 Å². The van der Waals surface area contributed by atoms with Crippen molar-refractivity contribution in [1.29, 1.82) is 0 Å². The van der Waals surface area contributed by atoms with Crippen LogP contribution in [0.4, 0.5) is 0 Å². The molecule has 0 unspecified atom stereocenters. The maximum Gasteiger partial charge on any atom is 0.189 e. The van der Waals surface area contributed by atoms with Gasteiger partial charge in [0.2, 0.25) is 0 Å². The average molecular weight is 363 g/mol. The molecule has 0 atom stereocenters. The first-order valence-electron chi connectivity index (χ1n) is 8.11. The zero-order valence-corrected chi connectivity index (χ0v) is 15.3. The highest BCUT2D eigenvalue weighted by molar-refractivity contribution is 8.30. The van der Waals surface area contributed by atoms with Crippen molar-refractivity contribution in [3.63, 3.8) is 0 Å². The number of benzene rings is 3.